The lowest BCUT2D eigenvalue weighted by molar-refractivity contribution is 0.104. The van der Waals surface area contributed by atoms with Crippen LogP contribution in [0.25, 0.3) is 0 Å². The van der Waals surface area contributed by atoms with Crippen LogP contribution in [-0.2, 0) is 0 Å². The maximum atomic E-state index is 3.74. The zero-order valence-electron chi connectivity index (χ0n) is 10.8. The van der Waals surface area contributed by atoms with Crippen LogP contribution in [0.2, 0.25) is 0 Å². The summed E-state index contributed by atoms with van der Waals surface area (Å²) < 4.78 is 0. The summed E-state index contributed by atoms with van der Waals surface area (Å²) in [4.78, 5) is 2.90. The van der Waals surface area contributed by atoms with E-state index >= 15 is 0 Å². The third kappa shape index (κ3) is 1.91. The molecule has 0 spiro atoms. The minimum atomic E-state index is 0.822. The van der Waals surface area contributed by atoms with E-state index in [4.69, 9.17) is 0 Å². The first kappa shape index (κ1) is 11.0. The predicted molar refractivity (Wildman–Crippen MR) is 67.5 cm³/mol. The Labute approximate surface area is 99.8 Å². The summed E-state index contributed by atoms with van der Waals surface area (Å²) >= 11 is 0. The van der Waals surface area contributed by atoms with Crippen molar-refractivity contribution in [3.05, 3.63) is 0 Å². The summed E-state index contributed by atoms with van der Waals surface area (Å²) in [6.07, 6.45) is 8.52. The Hall–Kier alpha value is -0.0800. The molecule has 2 bridgehead atoms. The summed E-state index contributed by atoms with van der Waals surface area (Å²) in [5, 5.41) is 3.74. The molecule has 0 aromatic carbocycles. The fraction of sp³-hybridized carbons (Fsp3) is 1.00. The van der Waals surface area contributed by atoms with E-state index in [1.807, 2.05) is 0 Å². The number of rotatable bonds is 4. The lowest BCUT2D eigenvalue weighted by Crippen LogP contribution is -2.50. The SMILES string of the molecule is CCCNC1CC2CCC(C1)N2C1CC1C. The number of hydrogen-bond donors (Lipinski definition) is 1. The van der Waals surface area contributed by atoms with Crippen LogP contribution in [0.3, 0.4) is 0 Å². The quantitative estimate of drug-likeness (QED) is 0.786. The highest BCUT2D eigenvalue weighted by atomic mass is 15.3. The fourth-order valence-electron chi connectivity index (χ4n) is 3.99. The first-order chi connectivity index (χ1) is 7.79. The summed E-state index contributed by atoms with van der Waals surface area (Å²) in [6, 6.07) is 3.62. The molecule has 2 nitrogen and oxygen atoms in total. The maximum Gasteiger partial charge on any atom is 0.0130 e. The normalized spacial score (nSPS) is 47.2. The van der Waals surface area contributed by atoms with Crippen LogP contribution < -0.4 is 5.32 Å². The van der Waals surface area contributed by atoms with E-state index in [1.54, 1.807) is 0 Å². The highest BCUT2D eigenvalue weighted by molar-refractivity contribution is 5.05. The average molecular weight is 222 g/mol. The van der Waals surface area contributed by atoms with Gasteiger partial charge in [0.05, 0.1) is 0 Å². The van der Waals surface area contributed by atoms with Crippen LogP contribution in [0, 0.1) is 5.92 Å². The van der Waals surface area contributed by atoms with Crippen molar-refractivity contribution in [1.29, 1.82) is 0 Å². The van der Waals surface area contributed by atoms with Crippen LogP contribution in [0.4, 0.5) is 0 Å². The van der Waals surface area contributed by atoms with Crippen molar-refractivity contribution >= 4 is 0 Å². The van der Waals surface area contributed by atoms with Crippen molar-refractivity contribution in [2.75, 3.05) is 6.54 Å². The van der Waals surface area contributed by atoms with Crippen LogP contribution in [0.15, 0.2) is 0 Å². The molecule has 4 atom stereocenters. The van der Waals surface area contributed by atoms with Gasteiger partial charge in [-0.1, -0.05) is 13.8 Å². The Morgan fingerprint density at radius 1 is 1.12 bits per heavy atom. The van der Waals surface area contributed by atoms with Gasteiger partial charge in [0.2, 0.25) is 0 Å². The van der Waals surface area contributed by atoms with Crippen molar-refractivity contribution in [3.63, 3.8) is 0 Å². The van der Waals surface area contributed by atoms with Gasteiger partial charge in [-0.15, -0.1) is 0 Å². The monoisotopic (exact) mass is 222 g/mol. The summed E-state index contributed by atoms with van der Waals surface area (Å²) in [5.74, 6) is 0.989. The predicted octanol–water partition coefficient (Wildman–Crippen LogP) is 2.39. The van der Waals surface area contributed by atoms with Gasteiger partial charge in [0, 0.05) is 24.2 Å². The number of fused-ring (bicyclic) bond motifs is 2. The smallest absolute Gasteiger partial charge is 0.0130 e. The lowest BCUT2D eigenvalue weighted by atomic mass is 9.97. The molecular formula is C14H26N2. The van der Waals surface area contributed by atoms with Crippen LogP contribution in [0.1, 0.15) is 52.4 Å². The summed E-state index contributed by atoms with van der Waals surface area (Å²) in [6.45, 7) is 5.90. The topological polar surface area (TPSA) is 15.3 Å². The van der Waals surface area contributed by atoms with E-state index < -0.39 is 0 Å². The highest BCUT2D eigenvalue weighted by Crippen LogP contribution is 2.46. The van der Waals surface area contributed by atoms with Gasteiger partial charge in [-0.2, -0.15) is 0 Å². The number of nitrogens with one attached hydrogen (secondary N) is 1. The van der Waals surface area contributed by atoms with Crippen molar-refractivity contribution in [1.82, 2.24) is 10.2 Å². The number of piperidine rings is 1. The van der Waals surface area contributed by atoms with Gasteiger partial charge < -0.3 is 5.32 Å². The summed E-state index contributed by atoms with van der Waals surface area (Å²) in [5.41, 5.74) is 0. The maximum absolute atomic E-state index is 3.74. The Bertz CT molecular complexity index is 239. The molecule has 1 aliphatic carbocycles. The van der Waals surface area contributed by atoms with E-state index in [0.717, 1.165) is 30.1 Å². The van der Waals surface area contributed by atoms with E-state index in [1.165, 1.54) is 45.1 Å². The van der Waals surface area contributed by atoms with Gasteiger partial charge in [-0.05, 0) is 51.0 Å². The fourth-order valence-corrected chi connectivity index (χ4v) is 3.99. The highest BCUT2D eigenvalue weighted by Gasteiger charge is 2.49. The second-order valence-electron chi connectivity index (χ2n) is 6.23. The molecule has 16 heavy (non-hydrogen) atoms. The van der Waals surface area contributed by atoms with E-state index in [0.29, 0.717) is 0 Å². The second-order valence-corrected chi connectivity index (χ2v) is 6.23. The second kappa shape index (κ2) is 4.30. The van der Waals surface area contributed by atoms with Gasteiger partial charge in [-0.3, -0.25) is 4.90 Å². The molecule has 4 unspecified atom stereocenters. The zero-order valence-corrected chi connectivity index (χ0v) is 10.8. The molecule has 0 amide bonds. The minimum Gasteiger partial charge on any atom is -0.314 e. The molecule has 1 saturated carbocycles. The molecule has 2 heterocycles. The molecule has 0 radical (unpaired) electrons. The molecule has 0 aromatic rings. The van der Waals surface area contributed by atoms with Crippen molar-refractivity contribution in [2.45, 2.75) is 76.5 Å². The lowest BCUT2D eigenvalue weighted by Gasteiger charge is -2.39. The molecule has 3 aliphatic rings. The molecule has 0 aromatic heterocycles. The van der Waals surface area contributed by atoms with Gasteiger partial charge in [0.15, 0.2) is 0 Å². The van der Waals surface area contributed by atoms with E-state index in [9.17, 15) is 0 Å². The average Bonchev–Trinajstić information content (AvgIpc) is 2.94. The molecule has 1 N–H and O–H groups in total. The van der Waals surface area contributed by atoms with Gasteiger partial charge in [0.1, 0.15) is 0 Å². The Morgan fingerprint density at radius 3 is 2.25 bits per heavy atom. The van der Waals surface area contributed by atoms with Gasteiger partial charge in [-0.25, -0.2) is 0 Å². The molecule has 2 heteroatoms. The summed E-state index contributed by atoms with van der Waals surface area (Å²) in [7, 11) is 0. The molecule has 3 fully saturated rings. The molecule has 3 rings (SSSR count). The van der Waals surface area contributed by atoms with Crippen molar-refractivity contribution in [2.24, 2.45) is 5.92 Å². The molecule has 2 aliphatic heterocycles. The first-order valence-electron chi connectivity index (χ1n) is 7.30. The molecule has 2 saturated heterocycles. The zero-order chi connectivity index (χ0) is 11.1. The van der Waals surface area contributed by atoms with E-state index in [-0.39, 0.29) is 0 Å². The number of nitrogens with zero attached hydrogens (tertiary/aromatic N) is 1. The van der Waals surface area contributed by atoms with Crippen LogP contribution >= 0.6 is 0 Å². The first-order valence-corrected chi connectivity index (χ1v) is 7.30. The Balaban J connectivity index is 1.59. The molecule has 92 valence electrons. The Morgan fingerprint density at radius 2 is 1.75 bits per heavy atom. The number of hydrogen-bond acceptors (Lipinski definition) is 2. The van der Waals surface area contributed by atoms with Crippen molar-refractivity contribution in [3.8, 4) is 0 Å². The van der Waals surface area contributed by atoms with Gasteiger partial charge in [0.25, 0.3) is 0 Å². The van der Waals surface area contributed by atoms with Crippen molar-refractivity contribution < 1.29 is 0 Å². The largest absolute Gasteiger partial charge is 0.314 e. The molecular weight excluding hydrogens is 196 g/mol. The van der Waals surface area contributed by atoms with Crippen LogP contribution in [-0.4, -0.2) is 35.6 Å². The minimum absolute atomic E-state index is 0.822. The Kier molecular flexibility index (Phi) is 2.97. The van der Waals surface area contributed by atoms with Crippen LogP contribution in [0.5, 0.6) is 0 Å². The van der Waals surface area contributed by atoms with Gasteiger partial charge >= 0.3 is 0 Å². The standard InChI is InChI=1S/C14H26N2/c1-3-6-15-11-8-12-4-5-13(9-11)16(12)14-7-10(14)2/h10-15H,3-9H2,1-2H3. The third-order valence-corrected chi connectivity index (χ3v) is 4.92. The third-order valence-electron chi connectivity index (χ3n) is 4.92. The van der Waals surface area contributed by atoms with E-state index in [2.05, 4.69) is 24.1 Å².